The van der Waals surface area contributed by atoms with E-state index in [1.807, 2.05) is 13.8 Å². The molecule has 1 rings (SSSR count). The van der Waals surface area contributed by atoms with Crippen LogP contribution in [0.2, 0.25) is 0 Å². The van der Waals surface area contributed by atoms with Gasteiger partial charge in [0.1, 0.15) is 6.04 Å². The molecule has 21 heavy (non-hydrogen) atoms. The second kappa shape index (κ2) is 9.57. The summed E-state index contributed by atoms with van der Waals surface area (Å²) in [6.45, 7) is 11.5. The van der Waals surface area contributed by atoms with Gasteiger partial charge in [0.05, 0.1) is 13.2 Å². The zero-order valence-electron chi connectivity index (χ0n) is 13.4. The molecule has 0 aromatic carbocycles. The van der Waals surface area contributed by atoms with Gasteiger partial charge < -0.3 is 20.3 Å². The number of urea groups is 1. The molecule has 7 nitrogen and oxygen atoms in total. The number of nitrogens with one attached hydrogen (secondary N) is 2. The maximum atomic E-state index is 12.0. The van der Waals surface area contributed by atoms with Crippen molar-refractivity contribution in [3.05, 3.63) is 0 Å². The summed E-state index contributed by atoms with van der Waals surface area (Å²) >= 11 is 0. The minimum Gasteiger partial charge on any atom is -0.379 e. The Morgan fingerprint density at radius 1 is 1.24 bits per heavy atom. The summed E-state index contributed by atoms with van der Waals surface area (Å²) in [5.74, 6) is -0.0525. The van der Waals surface area contributed by atoms with Crippen molar-refractivity contribution in [1.29, 1.82) is 0 Å². The average Bonchev–Trinajstić information content (AvgIpc) is 2.49. The lowest BCUT2D eigenvalue weighted by Crippen LogP contribution is -2.51. The Bertz CT molecular complexity index is 328. The van der Waals surface area contributed by atoms with Gasteiger partial charge in [0.15, 0.2) is 0 Å². The van der Waals surface area contributed by atoms with Crippen molar-refractivity contribution in [3.8, 4) is 0 Å². The lowest BCUT2D eigenvalue weighted by Gasteiger charge is -2.27. The van der Waals surface area contributed by atoms with Gasteiger partial charge in [-0.15, -0.1) is 0 Å². The Morgan fingerprint density at radius 2 is 1.86 bits per heavy atom. The SMILES string of the molecule is CCN(CC)C(=O)[C@H](C)NC(=O)NCCN1CCOCC1. The highest BCUT2D eigenvalue weighted by molar-refractivity contribution is 5.86. The molecule has 7 heteroatoms. The van der Waals surface area contributed by atoms with Crippen LogP contribution >= 0.6 is 0 Å². The average molecular weight is 300 g/mol. The van der Waals surface area contributed by atoms with Crippen LogP contribution in [-0.4, -0.2) is 80.3 Å². The number of hydrogen-bond acceptors (Lipinski definition) is 4. The smallest absolute Gasteiger partial charge is 0.315 e. The minimum absolute atomic E-state index is 0.0525. The molecule has 0 bridgehead atoms. The fraction of sp³-hybridized carbons (Fsp3) is 0.857. The molecular formula is C14H28N4O3. The zero-order valence-corrected chi connectivity index (χ0v) is 13.4. The van der Waals surface area contributed by atoms with E-state index in [1.165, 1.54) is 0 Å². The second-order valence-electron chi connectivity index (χ2n) is 5.09. The minimum atomic E-state index is -0.506. The quantitative estimate of drug-likeness (QED) is 0.687. The van der Waals surface area contributed by atoms with E-state index in [4.69, 9.17) is 4.74 Å². The fourth-order valence-corrected chi connectivity index (χ4v) is 2.27. The lowest BCUT2D eigenvalue weighted by molar-refractivity contribution is -0.132. The molecule has 3 amide bonds. The molecule has 122 valence electrons. The largest absolute Gasteiger partial charge is 0.379 e. The number of rotatable bonds is 7. The fourth-order valence-electron chi connectivity index (χ4n) is 2.27. The van der Waals surface area contributed by atoms with Gasteiger partial charge in [-0.2, -0.15) is 0 Å². The van der Waals surface area contributed by atoms with Crippen LogP contribution in [0, 0.1) is 0 Å². The first-order valence-corrected chi connectivity index (χ1v) is 7.71. The standard InChI is InChI=1S/C14H28N4O3/c1-4-18(5-2)13(19)12(3)16-14(20)15-6-7-17-8-10-21-11-9-17/h12H,4-11H2,1-3H3,(H2,15,16,20)/t12-/m0/s1. The van der Waals surface area contributed by atoms with Crippen molar-refractivity contribution in [2.75, 3.05) is 52.5 Å². The molecule has 1 aliphatic heterocycles. The monoisotopic (exact) mass is 300 g/mol. The molecule has 1 heterocycles. The Kier molecular flexibility index (Phi) is 8.07. The summed E-state index contributed by atoms with van der Waals surface area (Å²) in [4.78, 5) is 27.7. The Morgan fingerprint density at radius 3 is 2.43 bits per heavy atom. The molecule has 0 unspecified atom stereocenters. The van der Waals surface area contributed by atoms with Gasteiger partial charge in [-0.3, -0.25) is 9.69 Å². The second-order valence-corrected chi connectivity index (χ2v) is 5.09. The van der Waals surface area contributed by atoms with E-state index in [9.17, 15) is 9.59 Å². The normalized spacial score (nSPS) is 17.1. The molecular weight excluding hydrogens is 272 g/mol. The molecule has 1 fully saturated rings. The van der Waals surface area contributed by atoms with Crippen LogP contribution in [0.5, 0.6) is 0 Å². The predicted octanol–water partition coefficient (Wildman–Crippen LogP) is -0.125. The summed E-state index contributed by atoms with van der Waals surface area (Å²) in [6, 6.07) is -0.801. The highest BCUT2D eigenvalue weighted by atomic mass is 16.5. The number of carbonyl (C=O) groups excluding carboxylic acids is 2. The molecule has 1 saturated heterocycles. The number of nitrogens with zero attached hydrogens (tertiary/aromatic N) is 2. The summed E-state index contributed by atoms with van der Waals surface area (Å²) in [6.07, 6.45) is 0. The molecule has 0 saturated carbocycles. The summed E-state index contributed by atoms with van der Waals surface area (Å²) in [5, 5.41) is 5.47. The highest BCUT2D eigenvalue weighted by Gasteiger charge is 2.19. The van der Waals surface area contributed by atoms with E-state index >= 15 is 0 Å². The highest BCUT2D eigenvalue weighted by Crippen LogP contribution is 1.96. The molecule has 1 atom stereocenters. The zero-order chi connectivity index (χ0) is 15.7. The van der Waals surface area contributed by atoms with Gasteiger partial charge in [-0.1, -0.05) is 0 Å². The van der Waals surface area contributed by atoms with Crippen LogP contribution in [-0.2, 0) is 9.53 Å². The van der Waals surface area contributed by atoms with Crippen LogP contribution in [0.15, 0.2) is 0 Å². The van der Waals surface area contributed by atoms with Crippen molar-refractivity contribution < 1.29 is 14.3 Å². The van der Waals surface area contributed by atoms with Crippen LogP contribution in [0.4, 0.5) is 4.79 Å². The van der Waals surface area contributed by atoms with Gasteiger partial charge in [-0.05, 0) is 20.8 Å². The molecule has 0 radical (unpaired) electrons. The Labute approximate surface area is 127 Å². The van der Waals surface area contributed by atoms with E-state index in [2.05, 4.69) is 15.5 Å². The van der Waals surface area contributed by atoms with E-state index in [0.717, 1.165) is 32.8 Å². The summed E-state index contributed by atoms with van der Waals surface area (Å²) in [7, 11) is 0. The number of morpholine rings is 1. The number of amides is 3. The van der Waals surface area contributed by atoms with Crippen molar-refractivity contribution in [2.45, 2.75) is 26.8 Å². The summed E-state index contributed by atoms with van der Waals surface area (Å²) in [5.41, 5.74) is 0. The number of likely N-dealkylation sites (N-methyl/N-ethyl adjacent to an activating group) is 1. The predicted molar refractivity (Wildman–Crippen MR) is 81.2 cm³/mol. The Balaban J connectivity index is 2.21. The molecule has 1 aliphatic rings. The third kappa shape index (κ3) is 6.31. The van der Waals surface area contributed by atoms with Gasteiger partial charge >= 0.3 is 6.03 Å². The molecule has 0 aromatic heterocycles. The first-order valence-electron chi connectivity index (χ1n) is 7.71. The first kappa shape index (κ1) is 17.7. The van der Waals surface area contributed by atoms with E-state index in [-0.39, 0.29) is 11.9 Å². The third-order valence-corrected chi connectivity index (χ3v) is 3.61. The van der Waals surface area contributed by atoms with E-state index in [0.29, 0.717) is 19.6 Å². The van der Waals surface area contributed by atoms with Crippen molar-refractivity contribution in [2.24, 2.45) is 0 Å². The number of hydrogen-bond donors (Lipinski definition) is 2. The van der Waals surface area contributed by atoms with Gasteiger partial charge in [-0.25, -0.2) is 4.79 Å². The lowest BCUT2D eigenvalue weighted by atomic mass is 10.3. The maximum absolute atomic E-state index is 12.0. The van der Waals surface area contributed by atoms with Gasteiger partial charge in [0, 0.05) is 39.3 Å². The summed E-state index contributed by atoms with van der Waals surface area (Å²) < 4.78 is 5.27. The van der Waals surface area contributed by atoms with E-state index in [1.54, 1.807) is 11.8 Å². The van der Waals surface area contributed by atoms with Crippen LogP contribution in [0.1, 0.15) is 20.8 Å². The maximum Gasteiger partial charge on any atom is 0.315 e. The van der Waals surface area contributed by atoms with Crippen molar-refractivity contribution >= 4 is 11.9 Å². The van der Waals surface area contributed by atoms with Gasteiger partial charge in [0.25, 0.3) is 0 Å². The topological polar surface area (TPSA) is 73.9 Å². The van der Waals surface area contributed by atoms with Crippen LogP contribution < -0.4 is 10.6 Å². The van der Waals surface area contributed by atoms with E-state index < -0.39 is 6.04 Å². The third-order valence-electron chi connectivity index (χ3n) is 3.61. The van der Waals surface area contributed by atoms with Crippen LogP contribution in [0.25, 0.3) is 0 Å². The number of carbonyl (C=O) groups is 2. The van der Waals surface area contributed by atoms with Crippen molar-refractivity contribution in [3.63, 3.8) is 0 Å². The van der Waals surface area contributed by atoms with Crippen molar-refractivity contribution in [1.82, 2.24) is 20.4 Å². The molecule has 0 aromatic rings. The molecule has 0 spiro atoms. The molecule has 0 aliphatic carbocycles. The van der Waals surface area contributed by atoms with Crippen LogP contribution in [0.3, 0.4) is 0 Å². The first-order chi connectivity index (χ1) is 10.1. The Hall–Kier alpha value is -1.34. The van der Waals surface area contributed by atoms with Gasteiger partial charge in [0.2, 0.25) is 5.91 Å². The molecule has 2 N–H and O–H groups in total. The number of ether oxygens (including phenoxy) is 1.